The third-order valence-electron chi connectivity index (χ3n) is 2.86. The SMILES string of the molecule is CCNC(=O)NCC1CC(C)N(C)C1. The van der Waals surface area contributed by atoms with Crippen LogP contribution in [0, 0.1) is 5.92 Å². The minimum Gasteiger partial charge on any atom is -0.338 e. The van der Waals surface area contributed by atoms with Gasteiger partial charge < -0.3 is 15.5 Å². The highest BCUT2D eigenvalue weighted by Gasteiger charge is 2.25. The topological polar surface area (TPSA) is 44.4 Å². The molecule has 82 valence electrons. The fraction of sp³-hybridized carbons (Fsp3) is 0.900. The van der Waals surface area contributed by atoms with Crippen LogP contribution in [0.4, 0.5) is 4.79 Å². The van der Waals surface area contributed by atoms with E-state index in [-0.39, 0.29) is 6.03 Å². The predicted molar refractivity (Wildman–Crippen MR) is 57.3 cm³/mol. The Hall–Kier alpha value is -0.770. The lowest BCUT2D eigenvalue weighted by molar-refractivity contribution is 0.239. The Morgan fingerprint density at radius 1 is 1.50 bits per heavy atom. The number of nitrogens with zero attached hydrogens (tertiary/aromatic N) is 1. The summed E-state index contributed by atoms with van der Waals surface area (Å²) in [6.07, 6.45) is 1.18. The summed E-state index contributed by atoms with van der Waals surface area (Å²) in [6.45, 7) is 6.72. The summed E-state index contributed by atoms with van der Waals surface area (Å²) in [5, 5.41) is 5.62. The van der Waals surface area contributed by atoms with Crippen LogP contribution in [-0.4, -0.2) is 43.7 Å². The van der Waals surface area contributed by atoms with E-state index in [0.29, 0.717) is 18.5 Å². The van der Waals surface area contributed by atoms with Gasteiger partial charge in [-0.2, -0.15) is 0 Å². The van der Waals surface area contributed by atoms with Gasteiger partial charge in [0.2, 0.25) is 0 Å². The zero-order valence-electron chi connectivity index (χ0n) is 9.34. The third kappa shape index (κ3) is 3.18. The molecule has 1 fully saturated rings. The van der Waals surface area contributed by atoms with Crippen molar-refractivity contribution in [2.75, 3.05) is 26.7 Å². The molecule has 0 bridgehead atoms. The summed E-state index contributed by atoms with van der Waals surface area (Å²) in [7, 11) is 2.14. The Morgan fingerprint density at radius 2 is 2.21 bits per heavy atom. The van der Waals surface area contributed by atoms with E-state index in [0.717, 1.165) is 13.1 Å². The van der Waals surface area contributed by atoms with Crippen molar-refractivity contribution in [3.8, 4) is 0 Å². The normalized spacial score (nSPS) is 27.6. The Morgan fingerprint density at radius 3 is 2.71 bits per heavy atom. The van der Waals surface area contributed by atoms with Crippen LogP contribution in [0.25, 0.3) is 0 Å². The Balaban J connectivity index is 2.17. The molecule has 4 nitrogen and oxygen atoms in total. The molecule has 2 atom stereocenters. The summed E-state index contributed by atoms with van der Waals surface area (Å²) >= 11 is 0. The van der Waals surface area contributed by atoms with Gasteiger partial charge >= 0.3 is 6.03 Å². The minimum atomic E-state index is -0.0466. The van der Waals surface area contributed by atoms with E-state index in [2.05, 4.69) is 29.5 Å². The fourth-order valence-corrected chi connectivity index (χ4v) is 1.93. The molecule has 2 amide bonds. The monoisotopic (exact) mass is 199 g/mol. The fourth-order valence-electron chi connectivity index (χ4n) is 1.93. The van der Waals surface area contributed by atoms with Crippen LogP contribution >= 0.6 is 0 Å². The van der Waals surface area contributed by atoms with Gasteiger partial charge in [0.25, 0.3) is 0 Å². The molecule has 1 heterocycles. The number of nitrogens with one attached hydrogen (secondary N) is 2. The molecule has 0 radical (unpaired) electrons. The lowest BCUT2D eigenvalue weighted by atomic mass is 10.1. The van der Waals surface area contributed by atoms with Crippen LogP contribution in [0.3, 0.4) is 0 Å². The zero-order valence-corrected chi connectivity index (χ0v) is 9.34. The van der Waals surface area contributed by atoms with Gasteiger partial charge in [-0.3, -0.25) is 0 Å². The van der Waals surface area contributed by atoms with Gasteiger partial charge in [0.15, 0.2) is 0 Å². The molecule has 4 heteroatoms. The zero-order chi connectivity index (χ0) is 10.6. The number of rotatable bonds is 3. The number of hydrogen-bond acceptors (Lipinski definition) is 2. The van der Waals surface area contributed by atoms with Gasteiger partial charge in [0, 0.05) is 25.7 Å². The molecule has 0 spiro atoms. The number of amides is 2. The maximum absolute atomic E-state index is 11.1. The first-order chi connectivity index (χ1) is 6.63. The van der Waals surface area contributed by atoms with Crippen LogP contribution in [0.15, 0.2) is 0 Å². The van der Waals surface area contributed by atoms with E-state index in [9.17, 15) is 4.79 Å². The molecule has 0 aromatic rings. The first-order valence-electron chi connectivity index (χ1n) is 5.35. The number of hydrogen-bond donors (Lipinski definition) is 2. The van der Waals surface area contributed by atoms with Crippen LogP contribution in [0.2, 0.25) is 0 Å². The van der Waals surface area contributed by atoms with Gasteiger partial charge in [0.05, 0.1) is 0 Å². The van der Waals surface area contributed by atoms with Gasteiger partial charge in [-0.15, -0.1) is 0 Å². The Bertz CT molecular complexity index is 186. The van der Waals surface area contributed by atoms with Crippen LogP contribution in [0.1, 0.15) is 20.3 Å². The van der Waals surface area contributed by atoms with E-state index < -0.39 is 0 Å². The van der Waals surface area contributed by atoms with Crippen LogP contribution in [0.5, 0.6) is 0 Å². The molecule has 1 aliphatic heterocycles. The minimum absolute atomic E-state index is 0.0466. The van der Waals surface area contributed by atoms with E-state index in [1.54, 1.807) is 0 Å². The largest absolute Gasteiger partial charge is 0.338 e. The van der Waals surface area contributed by atoms with Gasteiger partial charge in [-0.1, -0.05) is 0 Å². The first-order valence-corrected chi connectivity index (χ1v) is 5.35. The number of likely N-dealkylation sites (tertiary alicyclic amines) is 1. The Kier molecular flexibility index (Phi) is 4.20. The predicted octanol–water partition coefficient (Wildman–Crippen LogP) is 0.646. The standard InChI is InChI=1S/C10H21N3O/c1-4-11-10(14)12-6-9-5-8(2)13(3)7-9/h8-9H,4-7H2,1-3H3,(H2,11,12,14). The molecule has 0 aliphatic carbocycles. The van der Waals surface area contributed by atoms with E-state index in [1.165, 1.54) is 6.42 Å². The second-order valence-electron chi connectivity index (χ2n) is 4.13. The summed E-state index contributed by atoms with van der Waals surface area (Å²) < 4.78 is 0. The average molecular weight is 199 g/mol. The van der Waals surface area contributed by atoms with Crippen molar-refractivity contribution < 1.29 is 4.79 Å². The molecule has 0 aromatic carbocycles. The van der Waals surface area contributed by atoms with Gasteiger partial charge in [0.1, 0.15) is 0 Å². The maximum atomic E-state index is 11.1. The highest BCUT2D eigenvalue weighted by atomic mass is 16.2. The van der Waals surface area contributed by atoms with Crippen molar-refractivity contribution in [2.45, 2.75) is 26.3 Å². The number of carbonyl (C=O) groups excluding carboxylic acids is 1. The molecule has 14 heavy (non-hydrogen) atoms. The van der Waals surface area contributed by atoms with Crippen molar-refractivity contribution in [3.05, 3.63) is 0 Å². The van der Waals surface area contributed by atoms with E-state index >= 15 is 0 Å². The molecule has 1 aliphatic rings. The Labute approximate surface area is 86.0 Å². The summed E-state index contributed by atoms with van der Waals surface area (Å²) in [4.78, 5) is 13.5. The van der Waals surface area contributed by atoms with Crippen molar-refractivity contribution in [1.29, 1.82) is 0 Å². The van der Waals surface area contributed by atoms with E-state index in [1.807, 2.05) is 6.92 Å². The summed E-state index contributed by atoms with van der Waals surface area (Å²) in [5.74, 6) is 0.609. The molecule has 0 aromatic heterocycles. The van der Waals surface area contributed by atoms with Crippen molar-refractivity contribution in [2.24, 2.45) is 5.92 Å². The molecular weight excluding hydrogens is 178 g/mol. The van der Waals surface area contributed by atoms with Crippen LogP contribution in [-0.2, 0) is 0 Å². The number of urea groups is 1. The molecule has 2 unspecified atom stereocenters. The molecule has 0 saturated carbocycles. The number of carbonyl (C=O) groups is 1. The quantitative estimate of drug-likeness (QED) is 0.701. The lowest BCUT2D eigenvalue weighted by Crippen LogP contribution is -2.38. The van der Waals surface area contributed by atoms with Crippen molar-refractivity contribution in [1.82, 2.24) is 15.5 Å². The smallest absolute Gasteiger partial charge is 0.314 e. The molecule has 2 N–H and O–H groups in total. The second-order valence-corrected chi connectivity index (χ2v) is 4.13. The first kappa shape index (κ1) is 11.3. The average Bonchev–Trinajstić information content (AvgIpc) is 2.44. The van der Waals surface area contributed by atoms with Crippen molar-refractivity contribution in [3.63, 3.8) is 0 Å². The third-order valence-corrected chi connectivity index (χ3v) is 2.86. The van der Waals surface area contributed by atoms with Crippen LogP contribution < -0.4 is 10.6 Å². The maximum Gasteiger partial charge on any atom is 0.314 e. The van der Waals surface area contributed by atoms with Gasteiger partial charge in [-0.05, 0) is 33.2 Å². The molecule has 1 rings (SSSR count). The summed E-state index contributed by atoms with van der Waals surface area (Å²) in [6, 6.07) is 0.603. The highest BCUT2D eigenvalue weighted by Crippen LogP contribution is 2.19. The van der Waals surface area contributed by atoms with Crippen molar-refractivity contribution >= 4 is 6.03 Å². The molecule has 1 saturated heterocycles. The van der Waals surface area contributed by atoms with E-state index in [4.69, 9.17) is 0 Å². The molecular formula is C10H21N3O. The summed E-state index contributed by atoms with van der Waals surface area (Å²) in [5.41, 5.74) is 0. The lowest BCUT2D eigenvalue weighted by Gasteiger charge is -2.13. The second kappa shape index (κ2) is 5.20. The highest BCUT2D eigenvalue weighted by molar-refractivity contribution is 5.73. The van der Waals surface area contributed by atoms with Gasteiger partial charge in [-0.25, -0.2) is 4.79 Å².